The number of carbonyl (C=O) groups excluding carboxylic acids is 2. The maximum atomic E-state index is 11.9. The van der Waals surface area contributed by atoms with Gasteiger partial charge >= 0.3 is 18.0 Å². The van der Waals surface area contributed by atoms with Gasteiger partial charge in [-0.3, -0.25) is 9.69 Å². The van der Waals surface area contributed by atoms with Gasteiger partial charge in [-0.25, -0.2) is 9.59 Å². The first-order valence-electron chi connectivity index (χ1n) is 7.05. The highest BCUT2D eigenvalue weighted by Gasteiger charge is 2.25. The smallest absolute Gasteiger partial charge is 0.326 e. The molecule has 8 nitrogen and oxygen atoms in total. The van der Waals surface area contributed by atoms with Crippen LogP contribution in [0.1, 0.15) is 19.8 Å². The molecule has 0 aromatic carbocycles. The number of aliphatic carboxylic acids is 1. The molecule has 1 saturated heterocycles. The van der Waals surface area contributed by atoms with Crippen LogP contribution in [0.25, 0.3) is 0 Å². The number of nitrogens with one attached hydrogen (secondary N) is 1. The van der Waals surface area contributed by atoms with E-state index in [9.17, 15) is 14.4 Å². The number of amides is 2. The lowest BCUT2D eigenvalue weighted by atomic mass is 10.2. The number of methoxy groups -OCH3 is 1. The summed E-state index contributed by atoms with van der Waals surface area (Å²) in [5.74, 6) is -1.27. The van der Waals surface area contributed by atoms with E-state index in [4.69, 9.17) is 5.11 Å². The Morgan fingerprint density at radius 3 is 2.33 bits per heavy atom. The number of hydrogen-bond donors (Lipinski definition) is 2. The molecule has 0 spiro atoms. The van der Waals surface area contributed by atoms with Crippen molar-refractivity contribution in [3.63, 3.8) is 0 Å². The van der Waals surface area contributed by atoms with Gasteiger partial charge in [0.25, 0.3) is 0 Å². The lowest BCUT2D eigenvalue weighted by molar-refractivity contribution is -0.141. The van der Waals surface area contributed by atoms with Crippen LogP contribution in [0.5, 0.6) is 0 Å². The number of rotatable bonds is 6. The Morgan fingerprint density at radius 2 is 1.86 bits per heavy atom. The van der Waals surface area contributed by atoms with Crippen LogP contribution in [0.2, 0.25) is 0 Å². The molecule has 2 N–H and O–H groups in total. The molecule has 1 fully saturated rings. The fourth-order valence-electron chi connectivity index (χ4n) is 2.10. The van der Waals surface area contributed by atoms with Crippen LogP contribution in [-0.4, -0.2) is 78.8 Å². The highest BCUT2D eigenvalue weighted by Crippen LogP contribution is 2.04. The zero-order valence-corrected chi connectivity index (χ0v) is 12.5. The van der Waals surface area contributed by atoms with Crippen molar-refractivity contribution in [1.82, 2.24) is 15.1 Å². The van der Waals surface area contributed by atoms with Crippen LogP contribution in [0, 0.1) is 0 Å². The van der Waals surface area contributed by atoms with Gasteiger partial charge in [-0.1, -0.05) is 6.92 Å². The van der Waals surface area contributed by atoms with E-state index in [-0.39, 0.29) is 12.0 Å². The summed E-state index contributed by atoms with van der Waals surface area (Å²) in [4.78, 5) is 37.6. The minimum atomic E-state index is -1.03. The number of hydrogen-bond acceptors (Lipinski definition) is 5. The third kappa shape index (κ3) is 5.58. The van der Waals surface area contributed by atoms with Crippen molar-refractivity contribution in [1.29, 1.82) is 0 Å². The van der Waals surface area contributed by atoms with Gasteiger partial charge in [-0.2, -0.15) is 0 Å². The maximum absolute atomic E-state index is 11.9. The van der Waals surface area contributed by atoms with E-state index in [1.807, 2.05) is 0 Å². The number of piperazine rings is 1. The van der Waals surface area contributed by atoms with E-state index < -0.39 is 12.0 Å². The van der Waals surface area contributed by atoms with Crippen molar-refractivity contribution in [3.8, 4) is 0 Å². The molecule has 8 heteroatoms. The van der Waals surface area contributed by atoms with E-state index in [1.165, 1.54) is 7.11 Å². The first kappa shape index (κ1) is 17.2. The number of esters is 1. The first-order valence-corrected chi connectivity index (χ1v) is 7.05. The molecular weight excluding hydrogens is 278 g/mol. The number of nitrogens with zero attached hydrogens (tertiary/aromatic N) is 2. The molecule has 0 radical (unpaired) electrons. The molecule has 0 unspecified atom stereocenters. The highest BCUT2D eigenvalue weighted by molar-refractivity contribution is 5.82. The lowest BCUT2D eigenvalue weighted by Crippen LogP contribution is -2.54. The Balaban J connectivity index is 2.33. The summed E-state index contributed by atoms with van der Waals surface area (Å²) in [6, 6.07) is -1.20. The Hall–Kier alpha value is -1.83. The number of ether oxygens (including phenoxy) is 1. The quantitative estimate of drug-likeness (QED) is 0.656. The lowest BCUT2D eigenvalue weighted by Gasteiger charge is -2.35. The molecule has 0 aliphatic carbocycles. The van der Waals surface area contributed by atoms with Crippen molar-refractivity contribution in [2.75, 3.05) is 39.8 Å². The van der Waals surface area contributed by atoms with E-state index in [2.05, 4.69) is 15.0 Å². The highest BCUT2D eigenvalue weighted by atomic mass is 16.5. The Labute approximate surface area is 124 Å². The first-order chi connectivity index (χ1) is 9.97. The Kier molecular flexibility index (Phi) is 6.93. The largest absolute Gasteiger partial charge is 0.480 e. The number of urea groups is 1. The summed E-state index contributed by atoms with van der Waals surface area (Å²) in [6.07, 6.45) is 0.680. The minimum absolute atomic E-state index is 0.248. The third-order valence-corrected chi connectivity index (χ3v) is 3.52. The molecule has 0 bridgehead atoms. The van der Waals surface area contributed by atoms with Crippen molar-refractivity contribution < 1.29 is 24.2 Å². The Morgan fingerprint density at radius 1 is 1.24 bits per heavy atom. The summed E-state index contributed by atoms with van der Waals surface area (Å²) in [5.41, 5.74) is 0. The SMILES string of the molecule is CC[C@H](NC(=O)N1CCN(CCC(=O)OC)CC1)C(=O)O. The number of carbonyl (C=O) groups is 3. The fourth-order valence-corrected chi connectivity index (χ4v) is 2.10. The predicted molar refractivity (Wildman–Crippen MR) is 74.9 cm³/mol. The predicted octanol–water partition coefficient (Wildman–Crippen LogP) is -0.260. The minimum Gasteiger partial charge on any atom is -0.480 e. The number of carboxylic acid groups (broad SMARTS) is 1. The molecule has 1 atom stereocenters. The van der Waals surface area contributed by atoms with Crippen molar-refractivity contribution in [2.45, 2.75) is 25.8 Å². The van der Waals surface area contributed by atoms with Gasteiger partial charge in [0, 0.05) is 32.7 Å². The van der Waals surface area contributed by atoms with Gasteiger partial charge in [0.15, 0.2) is 0 Å². The molecule has 1 rings (SSSR count). The summed E-state index contributed by atoms with van der Waals surface area (Å²) in [6.45, 7) is 4.67. The Bertz CT molecular complexity index is 380. The summed E-state index contributed by atoms with van der Waals surface area (Å²) < 4.78 is 4.58. The molecule has 2 amide bonds. The average Bonchev–Trinajstić information content (AvgIpc) is 2.50. The monoisotopic (exact) mass is 301 g/mol. The van der Waals surface area contributed by atoms with Crippen molar-refractivity contribution in [3.05, 3.63) is 0 Å². The molecule has 120 valence electrons. The fraction of sp³-hybridized carbons (Fsp3) is 0.769. The average molecular weight is 301 g/mol. The van der Waals surface area contributed by atoms with Crippen LogP contribution >= 0.6 is 0 Å². The number of carboxylic acids is 1. The van der Waals surface area contributed by atoms with E-state index >= 15 is 0 Å². The zero-order chi connectivity index (χ0) is 15.8. The van der Waals surface area contributed by atoms with Crippen LogP contribution in [0.15, 0.2) is 0 Å². The third-order valence-electron chi connectivity index (χ3n) is 3.52. The molecule has 21 heavy (non-hydrogen) atoms. The van der Waals surface area contributed by atoms with Crippen LogP contribution in [-0.2, 0) is 14.3 Å². The molecule has 0 aromatic heterocycles. The van der Waals surface area contributed by atoms with Crippen LogP contribution in [0.4, 0.5) is 4.79 Å². The molecular formula is C13H23N3O5. The molecule has 0 aromatic rings. The van der Waals surface area contributed by atoms with Gasteiger partial charge in [0.05, 0.1) is 13.5 Å². The second kappa shape index (κ2) is 8.46. The molecule has 1 aliphatic heterocycles. The van der Waals surface area contributed by atoms with Crippen molar-refractivity contribution >= 4 is 18.0 Å². The van der Waals surface area contributed by atoms with Crippen molar-refractivity contribution in [2.24, 2.45) is 0 Å². The molecule has 1 aliphatic rings. The van der Waals surface area contributed by atoms with Crippen LogP contribution < -0.4 is 5.32 Å². The van der Waals surface area contributed by atoms with Crippen LogP contribution in [0.3, 0.4) is 0 Å². The summed E-state index contributed by atoms with van der Waals surface area (Å²) >= 11 is 0. The summed E-state index contributed by atoms with van der Waals surface area (Å²) in [5, 5.41) is 11.4. The van der Waals surface area contributed by atoms with Gasteiger partial charge in [0.1, 0.15) is 6.04 Å². The van der Waals surface area contributed by atoms with Gasteiger partial charge in [-0.15, -0.1) is 0 Å². The zero-order valence-electron chi connectivity index (χ0n) is 12.5. The molecule has 0 saturated carbocycles. The van der Waals surface area contributed by atoms with E-state index in [0.717, 1.165) is 0 Å². The van der Waals surface area contributed by atoms with E-state index in [0.29, 0.717) is 45.6 Å². The summed E-state index contributed by atoms with van der Waals surface area (Å²) in [7, 11) is 1.36. The maximum Gasteiger partial charge on any atom is 0.326 e. The van der Waals surface area contributed by atoms with Gasteiger partial charge in [-0.05, 0) is 6.42 Å². The second-order valence-corrected chi connectivity index (χ2v) is 4.90. The van der Waals surface area contributed by atoms with Gasteiger partial charge < -0.3 is 20.1 Å². The molecule has 1 heterocycles. The second-order valence-electron chi connectivity index (χ2n) is 4.90. The van der Waals surface area contributed by atoms with Gasteiger partial charge in [0.2, 0.25) is 0 Å². The normalized spacial score (nSPS) is 17.1. The topological polar surface area (TPSA) is 99.2 Å². The van der Waals surface area contributed by atoms with E-state index in [1.54, 1.807) is 11.8 Å². The standard InChI is InChI=1S/C13H23N3O5/c1-3-10(12(18)19)14-13(20)16-8-6-15(7-9-16)5-4-11(17)21-2/h10H,3-9H2,1-2H3,(H,14,20)(H,18,19)/t10-/m0/s1.